The summed E-state index contributed by atoms with van der Waals surface area (Å²) >= 11 is -0.181. The number of carbonyl (C=O) groups is 1. The van der Waals surface area contributed by atoms with Gasteiger partial charge in [0.05, 0.1) is 50.1 Å². The fraction of sp³-hybridized carbons (Fsp3) is 0.244. The second-order valence-corrected chi connectivity index (χ2v) is 16.5. The maximum atomic E-state index is 14.2. The first-order valence-electron chi connectivity index (χ1n) is 18.3. The van der Waals surface area contributed by atoms with Crippen LogP contribution in [0.2, 0.25) is 0 Å². The Bertz CT molecular complexity index is 2270. The molecule has 0 heterocycles. The van der Waals surface area contributed by atoms with Crippen molar-refractivity contribution in [3.8, 4) is 5.75 Å². The standard InChI is InChI=1S/C32H12BF24.C9H10O3S/c34-25(35,36)13-1-14(26(37,38)39)6-21(5-13)33(22-7-15(27(40,41)42)2-16(8-22)28(43,44)45,23-9-17(29(46,47)48)3-18(10-23)30(49,50)51)24-11-19(31(52,53)54)4-20(12-24)32(55,56)57;1-13(2)12-8-5-3-4-7(6-8)9(10)11/h1-12H;3-6H,1-2H3/q-1;/p+1. The van der Waals surface area contributed by atoms with Crippen molar-refractivity contribution in [2.75, 3.05) is 12.5 Å². The quantitative estimate of drug-likeness (QED) is 0.100. The second-order valence-electron chi connectivity index (χ2n) is 14.9. The van der Waals surface area contributed by atoms with Crippen LogP contribution in [-0.2, 0) is 60.6 Å². The number of alkyl halides is 24. The molecule has 0 radical (unpaired) electrons. The van der Waals surface area contributed by atoms with Crippen LogP contribution in [0.3, 0.4) is 0 Å². The first-order chi connectivity index (χ1) is 31.4. The lowest BCUT2D eigenvalue weighted by Gasteiger charge is -2.46. The number of hydrogen-bond acceptors (Lipinski definition) is 2. The van der Waals surface area contributed by atoms with Gasteiger partial charge in [-0.25, -0.2) is 4.79 Å². The van der Waals surface area contributed by atoms with Crippen molar-refractivity contribution >= 4 is 45.1 Å². The summed E-state index contributed by atoms with van der Waals surface area (Å²) in [6, 6.07) is -2.33. The summed E-state index contributed by atoms with van der Waals surface area (Å²) in [6.07, 6.45) is -51.0. The third-order valence-electron chi connectivity index (χ3n) is 9.78. The molecular weight excluding hydrogens is 1040 g/mol. The van der Waals surface area contributed by atoms with E-state index >= 15 is 0 Å². The van der Waals surface area contributed by atoms with Crippen LogP contribution in [-0.4, -0.2) is 29.7 Å². The van der Waals surface area contributed by atoms with Crippen molar-refractivity contribution < 1.29 is 119 Å². The van der Waals surface area contributed by atoms with Crippen molar-refractivity contribution in [3.05, 3.63) is 147 Å². The highest BCUT2D eigenvalue weighted by Gasteiger charge is 2.47. The summed E-state index contributed by atoms with van der Waals surface area (Å²) in [4.78, 5) is 10.6. The van der Waals surface area contributed by atoms with Gasteiger partial charge in [0.2, 0.25) is 0 Å². The Morgan fingerprint density at radius 1 is 0.386 bits per heavy atom. The predicted octanol–water partition coefficient (Wildman–Crippen LogP) is 12.8. The van der Waals surface area contributed by atoms with Crippen molar-refractivity contribution in [1.29, 1.82) is 0 Å². The number of carboxylic acid groups (broad SMARTS) is 1. The summed E-state index contributed by atoms with van der Waals surface area (Å²) in [7, 11) is 0. The molecule has 382 valence electrons. The minimum Gasteiger partial charge on any atom is -0.478 e. The van der Waals surface area contributed by atoms with Gasteiger partial charge in [-0.1, -0.05) is 54.6 Å². The zero-order valence-electron chi connectivity index (χ0n) is 34.1. The molecule has 0 saturated heterocycles. The average Bonchev–Trinajstić information content (AvgIpc) is 3.18. The minimum absolute atomic E-state index is 0.181. The van der Waals surface area contributed by atoms with Gasteiger partial charge in [-0.05, 0) is 36.4 Å². The maximum Gasteiger partial charge on any atom is 0.416 e. The van der Waals surface area contributed by atoms with Gasteiger partial charge in [0.25, 0.3) is 0 Å². The summed E-state index contributed by atoms with van der Waals surface area (Å²) < 4.78 is 346. The normalized spacial score (nSPS) is 13.5. The Morgan fingerprint density at radius 2 is 0.600 bits per heavy atom. The molecule has 29 heteroatoms. The number of rotatable bonds is 7. The van der Waals surface area contributed by atoms with Crippen LogP contribution < -0.4 is 26.0 Å². The van der Waals surface area contributed by atoms with Crippen LogP contribution in [0, 0.1) is 0 Å². The topological polar surface area (TPSA) is 46.5 Å². The molecule has 5 aromatic rings. The number of halogens is 24. The van der Waals surface area contributed by atoms with E-state index < -0.39 is 201 Å². The highest BCUT2D eigenvalue weighted by atomic mass is 32.2. The lowest BCUT2D eigenvalue weighted by atomic mass is 9.12. The molecule has 0 aromatic heterocycles. The van der Waals surface area contributed by atoms with E-state index in [9.17, 15) is 110 Å². The summed E-state index contributed by atoms with van der Waals surface area (Å²) in [5.74, 6) is -0.328. The highest BCUT2D eigenvalue weighted by molar-refractivity contribution is 7.91. The average molecular weight is 1060 g/mol. The molecule has 0 saturated carbocycles. The van der Waals surface area contributed by atoms with Crippen LogP contribution in [0.5, 0.6) is 5.75 Å². The van der Waals surface area contributed by atoms with Crippen LogP contribution in [0.4, 0.5) is 105 Å². The van der Waals surface area contributed by atoms with E-state index in [1.54, 1.807) is 18.2 Å². The SMILES string of the molecule is C[S+](C)Oc1cccc(C(=O)O)c1.FC(F)(F)c1cc([B-](c2cc(C(F)(F)F)cc(C(F)(F)F)c2)(c2cc(C(F)(F)F)cc(C(F)(F)F)c2)c2cc(C(F)(F)F)cc(C(F)(F)F)c2)cc(C(F)(F)F)c1. The number of hydrogen-bond donors (Lipinski definition) is 1. The lowest BCUT2D eigenvalue weighted by Crippen LogP contribution is -2.75. The van der Waals surface area contributed by atoms with Crippen molar-refractivity contribution in [2.45, 2.75) is 49.4 Å². The first kappa shape index (κ1) is 56.7. The molecule has 0 amide bonds. The molecule has 5 aromatic carbocycles. The van der Waals surface area contributed by atoms with Gasteiger partial charge < -0.3 is 5.11 Å². The Labute approximate surface area is 379 Å². The Morgan fingerprint density at radius 3 is 0.771 bits per heavy atom. The largest absolute Gasteiger partial charge is 0.478 e. The molecule has 0 spiro atoms. The van der Waals surface area contributed by atoms with E-state index in [2.05, 4.69) is 0 Å². The molecule has 1 N–H and O–H groups in total. The second kappa shape index (κ2) is 19.0. The predicted molar refractivity (Wildman–Crippen MR) is 203 cm³/mol. The van der Waals surface area contributed by atoms with Crippen LogP contribution >= 0.6 is 0 Å². The van der Waals surface area contributed by atoms with Crippen molar-refractivity contribution in [1.82, 2.24) is 0 Å². The molecule has 0 aliphatic carbocycles. The van der Waals surface area contributed by atoms with Gasteiger partial charge >= 0.3 is 55.4 Å². The maximum absolute atomic E-state index is 14.2. The summed E-state index contributed by atoms with van der Waals surface area (Å²) in [5, 5.41) is 8.69. The van der Waals surface area contributed by atoms with Gasteiger partial charge in [0.15, 0.2) is 16.9 Å². The molecular formula is C41H23BF24O3S. The molecule has 0 aliphatic rings. The van der Waals surface area contributed by atoms with Gasteiger partial charge in [0, 0.05) is 6.07 Å². The van der Waals surface area contributed by atoms with Gasteiger partial charge in [-0.15, -0.1) is 0 Å². The Balaban J connectivity index is 0.000000707. The van der Waals surface area contributed by atoms with Crippen LogP contribution in [0.15, 0.2) is 97.1 Å². The van der Waals surface area contributed by atoms with E-state index in [1.807, 2.05) is 12.5 Å². The van der Waals surface area contributed by atoms with E-state index in [4.69, 9.17) is 9.29 Å². The van der Waals surface area contributed by atoms with Crippen LogP contribution in [0.25, 0.3) is 0 Å². The molecule has 0 unspecified atom stereocenters. The minimum atomic E-state index is -6.13. The highest BCUT2D eigenvalue weighted by Crippen LogP contribution is 2.41. The molecule has 0 bridgehead atoms. The lowest BCUT2D eigenvalue weighted by molar-refractivity contribution is -0.144. The number of carboxylic acids is 1. The molecule has 0 aliphatic heterocycles. The molecule has 5 rings (SSSR count). The van der Waals surface area contributed by atoms with Crippen molar-refractivity contribution in [3.63, 3.8) is 0 Å². The summed E-state index contributed by atoms with van der Waals surface area (Å²) in [6.45, 7) is 0. The molecule has 0 fully saturated rings. The van der Waals surface area contributed by atoms with Crippen molar-refractivity contribution in [2.24, 2.45) is 0 Å². The Hall–Kier alpha value is -5.90. The van der Waals surface area contributed by atoms with E-state index in [0.717, 1.165) is 0 Å². The van der Waals surface area contributed by atoms with E-state index in [1.165, 1.54) is 6.07 Å². The molecule has 3 nitrogen and oxygen atoms in total. The zero-order chi connectivity index (χ0) is 53.8. The third kappa shape index (κ3) is 13.3. The van der Waals surface area contributed by atoms with Gasteiger partial charge in [0.1, 0.15) is 18.7 Å². The monoisotopic (exact) mass is 1060 g/mol. The third-order valence-corrected chi connectivity index (χ3v) is 10.3. The zero-order valence-corrected chi connectivity index (χ0v) is 34.9. The van der Waals surface area contributed by atoms with Gasteiger partial charge in [-0.3, -0.25) is 4.18 Å². The van der Waals surface area contributed by atoms with E-state index in [-0.39, 0.29) is 16.7 Å². The Kier molecular flexibility index (Phi) is 15.4. The fourth-order valence-corrected chi connectivity index (χ4v) is 7.43. The fourth-order valence-electron chi connectivity index (χ4n) is 6.94. The molecule has 0 atom stereocenters. The first-order valence-corrected chi connectivity index (χ1v) is 20.3. The number of benzene rings is 5. The van der Waals surface area contributed by atoms with Gasteiger partial charge in [-0.2, -0.15) is 127 Å². The molecule has 70 heavy (non-hydrogen) atoms. The summed E-state index contributed by atoms with van der Waals surface area (Å²) in [5.41, 5.74) is -30.0. The van der Waals surface area contributed by atoms with E-state index in [0.29, 0.717) is 5.75 Å². The van der Waals surface area contributed by atoms with Crippen LogP contribution in [0.1, 0.15) is 54.9 Å². The smallest absolute Gasteiger partial charge is 0.416 e. The number of aromatic carboxylic acids is 1.